The van der Waals surface area contributed by atoms with Gasteiger partial charge in [0.15, 0.2) is 0 Å². The smallest absolute Gasteiger partial charge is 0.246 e. The number of amides is 1. The molecular weight excluding hydrogens is 368 g/mol. The van der Waals surface area contributed by atoms with Crippen LogP contribution in [0.4, 0.5) is 0 Å². The third-order valence-corrected chi connectivity index (χ3v) is 4.52. The molecule has 0 saturated carbocycles. The van der Waals surface area contributed by atoms with Crippen molar-refractivity contribution in [2.75, 3.05) is 20.2 Å². The monoisotopic (exact) mass is 390 g/mol. The van der Waals surface area contributed by atoms with E-state index in [4.69, 9.17) is 10.5 Å². The Morgan fingerprint density at radius 2 is 2.05 bits per heavy atom. The van der Waals surface area contributed by atoms with E-state index in [1.807, 2.05) is 24.3 Å². The molecule has 2 atom stereocenters. The van der Waals surface area contributed by atoms with Crippen LogP contribution in [0.5, 0.6) is 0 Å². The van der Waals surface area contributed by atoms with Crippen molar-refractivity contribution in [2.45, 2.75) is 37.8 Å². The number of likely N-dealkylation sites (N-methyl/N-ethyl adjacent to an activating group) is 1. The van der Waals surface area contributed by atoms with Crippen molar-refractivity contribution in [2.24, 2.45) is 5.73 Å². The highest BCUT2D eigenvalue weighted by Crippen LogP contribution is 2.23. The van der Waals surface area contributed by atoms with Gasteiger partial charge in [-0.3, -0.25) is 4.79 Å². The molecule has 4 nitrogen and oxygen atoms in total. The zero-order valence-corrected chi connectivity index (χ0v) is 15.5. The molecule has 1 saturated heterocycles. The van der Waals surface area contributed by atoms with Gasteiger partial charge in [-0.25, -0.2) is 0 Å². The lowest BCUT2D eigenvalue weighted by Crippen LogP contribution is -2.51. The molecule has 0 spiro atoms. The lowest BCUT2D eigenvalue weighted by molar-refractivity contribution is -0.137. The van der Waals surface area contributed by atoms with Crippen LogP contribution in [0.3, 0.4) is 0 Å². The van der Waals surface area contributed by atoms with Crippen molar-refractivity contribution in [1.29, 1.82) is 0 Å². The number of rotatable bonds is 4. The third kappa shape index (κ3) is 4.69. The van der Waals surface area contributed by atoms with Crippen LogP contribution in [0.1, 0.15) is 31.7 Å². The number of halogens is 2. The molecule has 2 N–H and O–H groups in total. The standard InChI is InChI=1S/C16H23BrN2O2.ClH/c1-16(18,12-6-8-13(17)9-7-12)15(20)19(2)11-14-5-3-4-10-21-14;/h6-9,14H,3-5,10-11,18H2,1-2H3;1H. The molecule has 0 radical (unpaired) electrons. The summed E-state index contributed by atoms with van der Waals surface area (Å²) in [6.45, 7) is 3.15. The maximum atomic E-state index is 12.7. The van der Waals surface area contributed by atoms with Crippen LogP contribution >= 0.6 is 28.3 Å². The maximum Gasteiger partial charge on any atom is 0.246 e. The van der Waals surface area contributed by atoms with Crippen LogP contribution < -0.4 is 5.73 Å². The van der Waals surface area contributed by atoms with Crippen LogP contribution in [0, 0.1) is 0 Å². The van der Waals surface area contributed by atoms with E-state index in [9.17, 15) is 4.79 Å². The van der Waals surface area contributed by atoms with Gasteiger partial charge < -0.3 is 15.4 Å². The average Bonchev–Trinajstić information content (AvgIpc) is 2.48. The summed E-state index contributed by atoms with van der Waals surface area (Å²) in [6.07, 6.45) is 3.42. The fraction of sp³-hybridized carbons (Fsp3) is 0.562. The molecule has 2 rings (SSSR count). The van der Waals surface area contributed by atoms with Crippen molar-refractivity contribution in [3.05, 3.63) is 34.3 Å². The number of hydrogen-bond donors (Lipinski definition) is 1. The number of nitrogens with two attached hydrogens (primary N) is 1. The highest BCUT2D eigenvalue weighted by molar-refractivity contribution is 9.10. The highest BCUT2D eigenvalue weighted by atomic mass is 79.9. The molecule has 2 unspecified atom stereocenters. The first-order valence-electron chi connectivity index (χ1n) is 7.33. The van der Waals surface area contributed by atoms with Crippen molar-refractivity contribution in [3.63, 3.8) is 0 Å². The van der Waals surface area contributed by atoms with Gasteiger partial charge in [0.2, 0.25) is 5.91 Å². The summed E-state index contributed by atoms with van der Waals surface area (Å²) in [5.74, 6) is -0.0843. The summed E-state index contributed by atoms with van der Waals surface area (Å²) in [5, 5.41) is 0. The van der Waals surface area contributed by atoms with Gasteiger partial charge in [0.1, 0.15) is 5.54 Å². The highest BCUT2D eigenvalue weighted by Gasteiger charge is 2.34. The quantitative estimate of drug-likeness (QED) is 0.858. The SMILES string of the molecule is CN(CC1CCCCO1)C(=O)C(C)(N)c1ccc(Br)cc1.Cl. The molecule has 124 valence electrons. The van der Waals surface area contributed by atoms with Crippen molar-refractivity contribution >= 4 is 34.2 Å². The molecular formula is C16H24BrClN2O2. The zero-order valence-electron chi connectivity index (χ0n) is 13.0. The first-order valence-corrected chi connectivity index (χ1v) is 8.12. The number of benzene rings is 1. The second-order valence-electron chi connectivity index (χ2n) is 5.88. The molecule has 1 aromatic carbocycles. The maximum absolute atomic E-state index is 12.7. The second-order valence-corrected chi connectivity index (χ2v) is 6.80. The first-order chi connectivity index (χ1) is 9.91. The number of hydrogen-bond acceptors (Lipinski definition) is 3. The van der Waals surface area contributed by atoms with Crippen molar-refractivity contribution < 1.29 is 9.53 Å². The molecule has 1 fully saturated rings. The molecule has 1 amide bonds. The van der Waals surface area contributed by atoms with Crippen molar-refractivity contribution in [1.82, 2.24) is 4.90 Å². The largest absolute Gasteiger partial charge is 0.376 e. The Hall–Kier alpha value is -0.620. The number of ether oxygens (including phenoxy) is 1. The van der Waals surface area contributed by atoms with Gasteiger partial charge in [0, 0.05) is 24.7 Å². The Morgan fingerprint density at radius 3 is 2.59 bits per heavy atom. The molecule has 1 aromatic rings. The molecule has 1 aliphatic rings. The topological polar surface area (TPSA) is 55.6 Å². The Kier molecular flexibility index (Phi) is 7.32. The molecule has 0 aliphatic carbocycles. The molecule has 1 heterocycles. The summed E-state index contributed by atoms with van der Waals surface area (Å²) >= 11 is 3.39. The summed E-state index contributed by atoms with van der Waals surface area (Å²) in [6, 6.07) is 7.57. The van der Waals surface area contributed by atoms with E-state index in [1.165, 1.54) is 6.42 Å². The fourth-order valence-electron chi connectivity index (χ4n) is 2.66. The minimum atomic E-state index is -1.02. The van der Waals surface area contributed by atoms with Gasteiger partial charge >= 0.3 is 0 Å². The molecule has 0 aromatic heterocycles. The Balaban J connectivity index is 0.00000242. The lowest BCUT2D eigenvalue weighted by Gasteiger charge is -2.33. The Labute approximate surface area is 146 Å². The minimum absolute atomic E-state index is 0. The van der Waals surface area contributed by atoms with E-state index in [1.54, 1.807) is 18.9 Å². The summed E-state index contributed by atoms with van der Waals surface area (Å²) in [5.41, 5.74) is 6.08. The van der Waals surface area contributed by atoms with E-state index >= 15 is 0 Å². The molecule has 0 bridgehead atoms. The number of carbonyl (C=O) groups is 1. The number of carbonyl (C=O) groups excluding carboxylic acids is 1. The van der Waals surface area contributed by atoms with Gasteiger partial charge in [0.25, 0.3) is 0 Å². The Morgan fingerprint density at radius 1 is 1.41 bits per heavy atom. The van der Waals surface area contributed by atoms with Crippen LogP contribution in [-0.4, -0.2) is 37.1 Å². The second kappa shape index (κ2) is 8.29. The lowest BCUT2D eigenvalue weighted by atomic mass is 9.91. The van der Waals surface area contributed by atoms with E-state index in [0.717, 1.165) is 29.5 Å². The third-order valence-electron chi connectivity index (χ3n) is 3.99. The normalized spacial score (nSPS) is 20.6. The van der Waals surface area contributed by atoms with Crippen LogP contribution in [0.15, 0.2) is 28.7 Å². The molecule has 22 heavy (non-hydrogen) atoms. The van der Waals surface area contributed by atoms with Gasteiger partial charge in [-0.15, -0.1) is 12.4 Å². The predicted molar refractivity (Wildman–Crippen MR) is 94.2 cm³/mol. The average molecular weight is 392 g/mol. The molecule has 1 aliphatic heterocycles. The van der Waals surface area contributed by atoms with Crippen LogP contribution in [-0.2, 0) is 15.1 Å². The van der Waals surface area contributed by atoms with E-state index in [-0.39, 0.29) is 24.4 Å². The minimum Gasteiger partial charge on any atom is -0.376 e. The zero-order chi connectivity index (χ0) is 15.5. The summed E-state index contributed by atoms with van der Waals surface area (Å²) in [4.78, 5) is 14.3. The van der Waals surface area contributed by atoms with E-state index in [2.05, 4.69) is 15.9 Å². The van der Waals surface area contributed by atoms with Crippen LogP contribution in [0.2, 0.25) is 0 Å². The first kappa shape index (κ1) is 19.4. The van der Waals surface area contributed by atoms with E-state index in [0.29, 0.717) is 6.54 Å². The van der Waals surface area contributed by atoms with Gasteiger partial charge in [-0.2, -0.15) is 0 Å². The number of nitrogens with zero attached hydrogens (tertiary/aromatic N) is 1. The summed E-state index contributed by atoms with van der Waals surface area (Å²) < 4.78 is 6.66. The Bertz CT molecular complexity index is 487. The predicted octanol–water partition coefficient (Wildman–Crippen LogP) is 3.07. The van der Waals surface area contributed by atoms with Gasteiger partial charge in [0.05, 0.1) is 6.10 Å². The van der Waals surface area contributed by atoms with Crippen LogP contribution in [0.25, 0.3) is 0 Å². The van der Waals surface area contributed by atoms with Crippen molar-refractivity contribution in [3.8, 4) is 0 Å². The van der Waals surface area contributed by atoms with Gasteiger partial charge in [-0.1, -0.05) is 28.1 Å². The summed E-state index contributed by atoms with van der Waals surface area (Å²) in [7, 11) is 1.80. The van der Waals surface area contributed by atoms with Gasteiger partial charge in [-0.05, 0) is 43.9 Å². The molecule has 6 heteroatoms. The fourth-order valence-corrected chi connectivity index (χ4v) is 2.92. The van der Waals surface area contributed by atoms with E-state index < -0.39 is 5.54 Å².